The first kappa shape index (κ1) is 11.8. The zero-order valence-electron chi connectivity index (χ0n) is 8.81. The fourth-order valence-electron chi connectivity index (χ4n) is 1.10. The van der Waals surface area contributed by atoms with Crippen molar-refractivity contribution in [2.75, 3.05) is 0 Å². The van der Waals surface area contributed by atoms with Crippen LogP contribution in [0.3, 0.4) is 0 Å². The summed E-state index contributed by atoms with van der Waals surface area (Å²) in [5, 5.41) is 12.0. The Morgan fingerprint density at radius 2 is 2.06 bits per heavy atom. The van der Waals surface area contributed by atoms with Crippen LogP contribution >= 0.6 is 0 Å². The molecule has 1 rings (SSSR count). The number of rotatable bonds is 4. The maximum absolute atomic E-state index is 11.6. The molecule has 3 nitrogen and oxygen atoms in total. The summed E-state index contributed by atoms with van der Waals surface area (Å²) in [6.07, 6.45) is 4.86. The fourth-order valence-corrected chi connectivity index (χ4v) is 1.10. The molecule has 0 heterocycles. The Morgan fingerprint density at radius 3 is 2.69 bits per heavy atom. The smallest absolute Gasteiger partial charge is 0.259 e. The van der Waals surface area contributed by atoms with Crippen LogP contribution in [0.1, 0.15) is 10.4 Å². The molecule has 1 aromatic rings. The number of hydrogen-bond donors (Lipinski definition) is 2. The molecule has 0 aliphatic heterocycles. The van der Waals surface area contributed by atoms with E-state index in [1.807, 2.05) is 0 Å². The van der Waals surface area contributed by atoms with Gasteiger partial charge in [0.1, 0.15) is 5.75 Å². The van der Waals surface area contributed by atoms with E-state index in [0.717, 1.165) is 0 Å². The molecule has 0 aliphatic carbocycles. The number of hydrogen-bond acceptors (Lipinski definition) is 2. The summed E-state index contributed by atoms with van der Waals surface area (Å²) in [5.41, 5.74) is 0.656. The summed E-state index contributed by atoms with van der Waals surface area (Å²) in [5.74, 6) is -0.447. The quantitative estimate of drug-likeness (QED) is 0.757. The highest BCUT2D eigenvalue weighted by Gasteiger charge is 2.09. The molecule has 1 amide bonds. The first-order valence-corrected chi connectivity index (χ1v) is 4.72. The second-order valence-corrected chi connectivity index (χ2v) is 3.09. The normalized spacial score (nSPS) is 10.0. The molecule has 0 aliphatic rings. The van der Waals surface area contributed by atoms with Crippen molar-refractivity contribution in [1.82, 2.24) is 5.32 Å². The van der Waals surface area contributed by atoms with Gasteiger partial charge in [-0.15, -0.1) is 0 Å². The molecule has 1 aromatic carbocycles. The third-order valence-electron chi connectivity index (χ3n) is 1.86. The van der Waals surface area contributed by atoms with Crippen LogP contribution in [0.4, 0.5) is 0 Å². The summed E-state index contributed by atoms with van der Waals surface area (Å²) in [6.45, 7) is 7.14. The van der Waals surface area contributed by atoms with Crippen molar-refractivity contribution in [3.8, 4) is 5.75 Å². The topological polar surface area (TPSA) is 49.3 Å². The molecule has 2 N–H and O–H groups in total. The number of nitrogens with one attached hydrogen (secondary N) is 1. The van der Waals surface area contributed by atoms with E-state index in [9.17, 15) is 9.90 Å². The van der Waals surface area contributed by atoms with E-state index < -0.39 is 5.91 Å². The second kappa shape index (κ2) is 5.56. The molecule has 0 saturated carbocycles. The van der Waals surface area contributed by atoms with Crippen LogP contribution < -0.4 is 5.32 Å². The largest absolute Gasteiger partial charge is 0.507 e. The number of phenols is 1. The minimum Gasteiger partial charge on any atom is -0.507 e. The number of benzene rings is 1. The third-order valence-corrected chi connectivity index (χ3v) is 1.86. The van der Waals surface area contributed by atoms with Crippen molar-refractivity contribution < 1.29 is 9.90 Å². The second-order valence-electron chi connectivity index (χ2n) is 3.09. The first-order valence-electron chi connectivity index (χ1n) is 4.72. The lowest BCUT2D eigenvalue weighted by molar-refractivity contribution is 0.0965. The molecule has 82 valence electrons. The van der Waals surface area contributed by atoms with Gasteiger partial charge in [0.05, 0.1) is 5.56 Å². The van der Waals surface area contributed by atoms with Gasteiger partial charge >= 0.3 is 0 Å². The van der Waals surface area contributed by atoms with Crippen LogP contribution in [-0.2, 0) is 0 Å². The van der Waals surface area contributed by atoms with Crippen molar-refractivity contribution >= 4 is 5.91 Å². The number of carbonyl (C=O) groups excluding carboxylic acids is 1. The highest BCUT2D eigenvalue weighted by atomic mass is 16.3. The van der Waals surface area contributed by atoms with Crippen molar-refractivity contribution in [2.24, 2.45) is 0 Å². The van der Waals surface area contributed by atoms with Crippen LogP contribution in [-0.4, -0.2) is 11.0 Å². The number of aromatic hydroxyl groups is 1. The lowest BCUT2D eigenvalue weighted by Crippen LogP contribution is -2.21. The van der Waals surface area contributed by atoms with Crippen LogP contribution in [0.2, 0.25) is 0 Å². The monoisotopic (exact) mass is 215 g/mol. The lowest BCUT2D eigenvalue weighted by atomic mass is 10.2. The van der Waals surface area contributed by atoms with Crippen molar-refractivity contribution in [3.63, 3.8) is 0 Å². The molecule has 0 radical (unpaired) electrons. The molecule has 0 spiro atoms. The minimum atomic E-state index is -0.392. The van der Waals surface area contributed by atoms with E-state index in [-0.39, 0.29) is 11.3 Å². The Kier molecular flexibility index (Phi) is 4.09. The van der Waals surface area contributed by atoms with E-state index >= 15 is 0 Å². The molecular formula is C13H13NO2. The van der Waals surface area contributed by atoms with Crippen molar-refractivity contribution in [2.45, 2.75) is 0 Å². The Balaban J connectivity index is 2.73. The van der Waals surface area contributed by atoms with Gasteiger partial charge in [0, 0.05) is 5.70 Å². The van der Waals surface area contributed by atoms with Crippen LogP contribution in [0.25, 0.3) is 0 Å². The number of para-hydroxylation sites is 1. The predicted molar refractivity (Wildman–Crippen MR) is 64.1 cm³/mol. The average Bonchev–Trinajstić information content (AvgIpc) is 2.26. The van der Waals surface area contributed by atoms with Gasteiger partial charge in [0.15, 0.2) is 0 Å². The van der Waals surface area contributed by atoms with Crippen LogP contribution in [0, 0.1) is 0 Å². The molecule has 0 aromatic heterocycles. The van der Waals surface area contributed by atoms with Crippen molar-refractivity contribution in [1.29, 1.82) is 0 Å². The zero-order valence-corrected chi connectivity index (χ0v) is 8.81. The SMILES string of the molecule is C=C/C=C\C(=C)NC(=O)c1ccccc1O. The van der Waals surface area contributed by atoms with Gasteiger partial charge in [-0.3, -0.25) is 4.79 Å². The highest BCUT2D eigenvalue weighted by molar-refractivity contribution is 5.97. The fraction of sp³-hybridized carbons (Fsp3) is 0. The molecule has 3 heteroatoms. The Morgan fingerprint density at radius 1 is 1.38 bits per heavy atom. The number of allylic oxidation sites excluding steroid dienone is 3. The molecule has 0 unspecified atom stereocenters. The van der Waals surface area contributed by atoms with Crippen molar-refractivity contribution in [3.05, 3.63) is 66.9 Å². The van der Waals surface area contributed by atoms with Gasteiger partial charge in [-0.05, 0) is 18.2 Å². The molecule has 0 saturated heterocycles. The summed E-state index contributed by atoms with van der Waals surface area (Å²) in [7, 11) is 0. The summed E-state index contributed by atoms with van der Waals surface area (Å²) in [6, 6.07) is 6.32. The van der Waals surface area contributed by atoms with E-state index in [2.05, 4.69) is 18.5 Å². The van der Waals surface area contributed by atoms with Gasteiger partial charge in [-0.1, -0.05) is 37.4 Å². The third kappa shape index (κ3) is 3.13. The summed E-state index contributed by atoms with van der Waals surface area (Å²) in [4.78, 5) is 11.6. The van der Waals surface area contributed by atoms with Gasteiger partial charge in [-0.25, -0.2) is 0 Å². The van der Waals surface area contributed by atoms with E-state index in [0.29, 0.717) is 5.70 Å². The molecule has 16 heavy (non-hydrogen) atoms. The van der Waals surface area contributed by atoms with Gasteiger partial charge in [0.25, 0.3) is 5.91 Å². The van der Waals surface area contributed by atoms with E-state index in [1.54, 1.807) is 30.4 Å². The number of carbonyl (C=O) groups is 1. The number of amides is 1. The Bertz CT molecular complexity index is 447. The molecule has 0 fully saturated rings. The lowest BCUT2D eigenvalue weighted by Gasteiger charge is -2.05. The Labute approximate surface area is 94.4 Å². The highest BCUT2D eigenvalue weighted by Crippen LogP contribution is 2.15. The number of phenolic OH excluding ortho intramolecular Hbond substituents is 1. The van der Waals surface area contributed by atoms with E-state index in [1.165, 1.54) is 12.1 Å². The van der Waals surface area contributed by atoms with Crippen LogP contribution in [0.5, 0.6) is 5.75 Å². The van der Waals surface area contributed by atoms with Gasteiger partial charge in [0.2, 0.25) is 0 Å². The minimum absolute atomic E-state index is 0.0551. The molecular weight excluding hydrogens is 202 g/mol. The Hall–Kier alpha value is -2.29. The zero-order chi connectivity index (χ0) is 12.0. The molecule has 0 atom stereocenters. The maximum atomic E-state index is 11.6. The van der Waals surface area contributed by atoms with Crippen LogP contribution in [0.15, 0.2) is 61.3 Å². The molecule has 0 bridgehead atoms. The first-order chi connectivity index (χ1) is 7.65. The van der Waals surface area contributed by atoms with Gasteiger partial charge < -0.3 is 10.4 Å². The standard InChI is InChI=1S/C13H13NO2/c1-3-4-7-10(2)14-13(16)11-8-5-6-9-12(11)15/h3-9,15H,1-2H2,(H,14,16)/b7-4-. The van der Waals surface area contributed by atoms with E-state index in [4.69, 9.17) is 0 Å². The predicted octanol–water partition coefficient (Wildman–Crippen LogP) is 2.38. The summed E-state index contributed by atoms with van der Waals surface area (Å²) < 4.78 is 0. The summed E-state index contributed by atoms with van der Waals surface area (Å²) >= 11 is 0. The average molecular weight is 215 g/mol. The maximum Gasteiger partial charge on any atom is 0.259 e. The van der Waals surface area contributed by atoms with Gasteiger partial charge in [-0.2, -0.15) is 0 Å².